The van der Waals surface area contributed by atoms with Crippen molar-refractivity contribution in [1.29, 1.82) is 0 Å². The summed E-state index contributed by atoms with van der Waals surface area (Å²) in [6, 6.07) is 6.75. The summed E-state index contributed by atoms with van der Waals surface area (Å²) in [6.07, 6.45) is 3.86. The fourth-order valence-electron chi connectivity index (χ4n) is 1.89. The van der Waals surface area contributed by atoms with E-state index in [0.29, 0.717) is 12.2 Å². The summed E-state index contributed by atoms with van der Waals surface area (Å²) >= 11 is 0. The highest BCUT2D eigenvalue weighted by Gasteiger charge is 2.35. The molecular formula is C12H15NO3. The van der Waals surface area contributed by atoms with Crippen molar-refractivity contribution in [3.63, 3.8) is 0 Å². The predicted molar refractivity (Wildman–Crippen MR) is 60.4 cm³/mol. The Morgan fingerprint density at radius 3 is 2.50 bits per heavy atom. The number of ether oxygens (including phenoxy) is 1. The van der Waals surface area contributed by atoms with Gasteiger partial charge in [0.25, 0.3) is 5.69 Å². The van der Waals surface area contributed by atoms with Crippen molar-refractivity contribution in [2.45, 2.75) is 38.4 Å². The van der Waals surface area contributed by atoms with Gasteiger partial charge in [-0.3, -0.25) is 10.1 Å². The molecule has 1 heterocycles. The highest BCUT2D eigenvalue weighted by molar-refractivity contribution is 5.32. The molecule has 0 aromatic heterocycles. The van der Waals surface area contributed by atoms with E-state index in [9.17, 15) is 10.1 Å². The quantitative estimate of drug-likeness (QED) is 0.436. The van der Waals surface area contributed by atoms with E-state index < -0.39 is 0 Å². The minimum absolute atomic E-state index is 0.151. The van der Waals surface area contributed by atoms with E-state index in [0.717, 1.165) is 24.8 Å². The highest BCUT2D eigenvalue weighted by atomic mass is 16.6. The van der Waals surface area contributed by atoms with Gasteiger partial charge >= 0.3 is 0 Å². The lowest BCUT2D eigenvalue weighted by Crippen LogP contribution is -1.96. The Bertz CT molecular complexity index is 374. The second-order valence-corrected chi connectivity index (χ2v) is 4.08. The van der Waals surface area contributed by atoms with Gasteiger partial charge in [-0.25, -0.2) is 0 Å². The number of rotatable bonds is 5. The van der Waals surface area contributed by atoms with Gasteiger partial charge in [-0.05, 0) is 24.8 Å². The number of nitro benzene ring substituents is 1. The van der Waals surface area contributed by atoms with Crippen molar-refractivity contribution in [2.75, 3.05) is 0 Å². The number of nitrogens with zero attached hydrogens (tertiary/aromatic N) is 1. The zero-order valence-electron chi connectivity index (χ0n) is 9.26. The molecule has 0 amide bonds. The summed E-state index contributed by atoms with van der Waals surface area (Å²) in [5.41, 5.74) is 1.29. The minimum atomic E-state index is -0.374. The molecule has 4 nitrogen and oxygen atoms in total. The first-order valence-electron chi connectivity index (χ1n) is 5.59. The van der Waals surface area contributed by atoms with Crippen molar-refractivity contribution in [2.24, 2.45) is 0 Å². The second kappa shape index (κ2) is 4.61. The number of non-ortho nitro benzene ring substituents is 1. The number of hydrogen-bond acceptors (Lipinski definition) is 3. The summed E-state index contributed by atoms with van der Waals surface area (Å²) in [4.78, 5) is 10.1. The van der Waals surface area contributed by atoms with Gasteiger partial charge in [-0.2, -0.15) is 0 Å². The van der Waals surface area contributed by atoms with Crippen LogP contribution in [0.4, 0.5) is 5.69 Å². The lowest BCUT2D eigenvalue weighted by molar-refractivity contribution is -0.384. The molecule has 4 heteroatoms. The molecular weight excluding hydrogens is 206 g/mol. The first-order chi connectivity index (χ1) is 7.70. The Hall–Kier alpha value is -1.42. The average molecular weight is 221 g/mol. The number of epoxide rings is 1. The van der Waals surface area contributed by atoms with Crippen LogP contribution in [0, 0.1) is 10.1 Å². The lowest BCUT2D eigenvalue weighted by Gasteiger charge is -1.98. The van der Waals surface area contributed by atoms with Gasteiger partial charge in [-0.1, -0.05) is 19.1 Å². The molecule has 2 rings (SSSR count). The van der Waals surface area contributed by atoms with Gasteiger partial charge < -0.3 is 4.74 Å². The van der Waals surface area contributed by atoms with Gasteiger partial charge in [0.15, 0.2) is 0 Å². The van der Waals surface area contributed by atoms with Crippen LogP contribution in [0.5, 0.6) is 0 Å². The predicted octanol–water partition coefficient (Wildman–Crippen LogP) is 2.70. The summed E-state index contributed by atoms with van der Waals surface area (Å²) in [5, 5.41) is 10.5. The van der Waals surface area contributed by atoms with Gasteiger partial charge in [0.05, 0.1) is 17.1 Å². The van der Waals surface area contributed by atoms with Crippen LogP contribution < -0.4 is 0 Å². The van der Waals surface area contributed by atoms with Crippen molar-refractivity contribution < 1.29 is 9.66 Å². The molecule has 1 aromatic rings. The van der Waals surface area contributed by atoms with Gasteiger partial charge in [0.1, 0.15) is 0 Å². The van der Waals surface area contributed by atoms with Crippen LogP contribution in [0.2, 0.25) is 0 Å². The van der Waals surface area contributed by atoms with E-state index >= 15 is 0 Å². The molecule has 0 bridgehead atoms. The maximum atomic E-state index is 10.5. The molecule has 86 valence electrons. The molecule has 1 aliphatic heterocycles. The Kier molecular flexibility index (Phi) is 3.19. The van der Waals surface area contributed by atoms with Crippen molar-refractivity contribution >= 4 is 5.69 Å². The maximum absolute atomic E-state index is 10.5. The van der Waals surface area contributed by atoms with Crippen LogP contribution in [0.3, 0.4) is 0 Å². The molecule has 0 radical (unpaired) electrons. The number of nitro groups is 1. The normalized spacial score (nSPS) is 23.1. The smallest absolute Gasteiger partial charge is 0.269 e. The minimum Gasteiger partial charge on any atom is -0.370 e. The molecule has 0 N–H and O–H groups in total. The van der Waals surface area contributed by atoms with E-state index in [1.807, 2.05) is 12.1 Å². The molecule has 1 aliphatic rings. The first kappa shape index (κ1) is 11.1. The van der Waals surface area contributed by atoms with Crippen LogP contribution in [-0.2, 0) is 11.2 Å². The molecule has 0 spiro atoms. The van der Waals surface area contributed by atoms with Gasteiger partial charge in [0.2, 0.25) is 0 Å². The molecule has 0 aliphatic carbocycles. The third kappa shape index (κ3) is 2.58. The number of hydrogen-bond donors (Lipinski definition) is 0. The molecule has 1 aromatic carbocycles. The van der Waals surface area contributed by atoms with Crippen LogP contribution >= 0.6 is 0 Å². The molecule has 2 unspecified atom stereocenters. The second-order valence-electron chi connectivity index (χ2n) is 4.08. The molecule has 0 saturated carbocycles. The molecule has 1 saturated heterocycles. The largest absolute Gasteiger partial charge is 0.370 e. The standard InChI is InChI=1S/C12H15NO3/c1-2-11-12(16-11)8-5-9-3-6-10(7-4-9)13(14)15/h3-4,6-7,11-12H,2,5,8H2,1H3. The summed E-state index contributed by atoms with van der Waals surface area (Å²) in [6.45, 7) is 2.12. The highest BCUT2D eigenvalue weighted by Crippen LogP contribution is 2.29. The monoisotopic (exact) mass is 221 g/mol. The third-order valence-electron chi connectivity index (χ3n) is 2.95. The summed E-state index contributed by atoms with van der Waals surface area (Å²) in [7, 11) is 0. The van der Waals surface area contributed by atoms with Gasteiger partial charge in [0, 0.05) is 12.1 Å². The average Bonchev–Trinajstić information content (AvgIpc) is 3.05. The van der Waals surface area contributed by atoms with E-state index in [2.05, 4.69) is 6.92 Å². The Morgan fingerprint density at radius 2 is 2.00 bits per heavy atom. The molecule has 16 heavy (non-hydrogen) atoms. The number of aryl methyl sites for hydroxylation is 1. The van der Waals surface area contributed by atoms with Crippen molar-refractivity contribution in [3.05, 3.63) is 39.9 Å². The van der Waals surface area contributed by atoms with Crippen molar-refractivity contribution in [1.82, 2.24) is 0 Å². The Morgan fingerprint density at radius 1 is 1.31 bits per heavy atom. The lowest BCUT2D eigenvalue weighted by atomic mass is 10.1. The summed E-state index contributed by atoms with van der Waals surface area (Å²) < 4.78 is 5.44. The van der Waals surface area contributed by atoms with Crippen LogP contribution in [-0.4, -0.2) is 17.1 Å². The SMILES string of the molecule is CCC1OC1CCc1ccc([N+](=O)[O-])cc1. The fraction of sp³-hybridized carbons (Fsp3) is 0.500. The first-order valence-corrected chi connectivity index (χ1v) is 5.59. The van der Waals surface area contributed by atoms with E-state index in [-0.39, 0.29) is 10.6 Å². The number of benzene rings is 1. The van der Waals surface area contributed by atoms with Crippen LogP contribution in [0.15, 0.2) is 24.3 Å². The Labute approximate surface area is 94.4 Å². The van der Waals surface area contributed by atoms with Crippen LogP contribution in [0.25, 0.3) is 0 Å². The van der Waals surface area contributed by atoms with Gasteiger partial charge in [-0.15, -0.1) is 0 Å². The van der Waals surface area contributed by atoms with Crippen molar-refractivity contribution in [3.8, 4) is 0 Å². The van der Waals surface area contributed by atoms with Crippen LogP contribution in [0.1, 0.15) is 25.3 Å². The fourth-order valence-corrected chi connectivity index (χ4v) is 1.89. The zero-order valence-corrected chi connectivity index (χ0v) is 9.26. The maximum Gasteiger partial charge on any atom is 0.269 e. The third-order valence-corrected chi connectivity index (χ3v) is 2.95. The molecule has 2 atom stereocenters. The summed E-state index contributed by atoms with van der Waals surface area (Å²) in [5.74, 6) is 0. The topological polar surface area (TPSA) is 55.7 Å². The van der Waals surface area contributed by atoms with E-state index in [1.54, 1.807) is 12.1 Å². The zero-order chi connectivity index (χ0) is 11.5. The Balaban J connectivity index is 1.84. The molecule has 1 fully saturated rings. The van der Waals surface area contributed by atoms with E-state index in [1.165, 1.54) is 0 Å². The van der Waals surface area contributed by atoms with E-state index in [4.69, 9.17) is 4.74 Å².